The fourth-order valence-corrected chi connectivity index (χ4v) is 5.02. The molecule has 2 heterocycles. The van der Waals surface area contributed by atoms with E-state index in [2.05, 4.69) is 10.3 Å². The van der Waals surface area contributed by atoms with Crippen LogP contribution in [0, 0.1) is 6.92 Å². The zero-order valence-electron chi connectivity index (χ0n) is 15.4. The smallest absolute Gasteiger partial charge is 0.312 e. The van der Waals surface area contributed by atoms with E-state index in [1.54, 1.807) is 17.5 Å². The first kappa shape index (κ1) is 20.4. The summed E-state index contributed by atoms with van der Waals surface area (Å²) in [5.74, 6) is -1.09. The van der Waals surface area contributed by atoms with Gasteiger partial charge in [0.2, 0.25) is 10.0 Å². The highest BCUT2D eigenvalue weighted by Crippen LogP contribution is 2.23. The molecule has 28 heavy (non-hydrogen) atoms. The van der Waals surface area contributed by atoms with E-state index in [1.807, 2.05) is 6.92 Å². The molecule has 2 aromatic rings. The number of hydrogen-bond acceptors (Lipinski definition) is 7. The Kier molecular flexibility index (Phi) is 6.42. The summed E-state index contributed by atoms with van der Waals surface area (Å²) in [5, 5.41) is 5.17. The molecule has 1 fully saturated rings. The molecule has 150 valence electrons. The van der Waals surface area contributed by atoms with Crippen LogP contribution in [0.1, 0.15) is 23.5 Å². The second kappa shape index (κ2) is 8.80. The number of ether oxygens (including phenoxy) is 1. The number of aryl methyl sites for hydroxylation is 1. The fraction of sp³-hybridized carbons (Fsp3) is 0.389. The minimum absolute atomic E-state index is 0.00117. The Morgan fingerprint density at radius 2 is 2.04 bits per heavy atom. The Labute approximate surface area is 167 Å². The molecule has 0 radical (unpaired) electrons. The maximum Gasteiger partial charge on any atom is 0.312 e. The van der Waals surface area contributed by atoms with Gasteiger partial charge in [-0.25, -0.2) is 13.4 Å². The van der Waals surface area contributed by atoms with Gasteiger partial charge in [0.1, 0.15) is 0 Å². The molecule has 1 aromatic heterocycles. The Morgan fingerprint density at radius 3 is 2.71 bits per heavy atom. The van der Waals surface area contributed by atoms with Gasteiger partial charge in [-0.05, 0) is 38.0 Å². The number of thiazole rings is 1. The Hall–Kier alpha value is -2.30. The summed E-state index contributed by atoms with van der Waals surface area (Å²) in [4.78, 5) is 28.1. The number of carbonyl (C=O) groups excluding carboxylic acids is 2. The predicted octanol–water partition coefficient (Wildman–Crippen LogP) is 1.96. The third-order valence-corrected chi connectivity index (χ3v) is 6.89. The number of rotatable bonds is 7. The third-order valence-electron chi connectivity index (χ3n) is 4.18. The van der Waals surface area contributed by atoms with Crippen molar-refractivity contribution in [2.24, 2.45) is 0 Å². The summed E-state index contributed by atoms with van der Waals surface area (Å²) < 4.78 is 31.6. The van der Waals surface area contributed by atoms with Gasteiger partial charge < -0.3 is 10.1 Å². The first-order valence-electron chi connectivity index (χ1n) is 8.81. The summed E-state index contributed by atoms with van der Waals surface area (Å²) in [5.41, 5.74) is 0.934. The molecular formula is C18H21N3O5S2. The molecule has 10 heteroatoms. The lowest BCUT2D eigenvalue weighted by molar-refractivity contribution is -0.146. The van der Waals surface area contributed by atoms with Gasteiger partial charge in [0.25, 0.3) is 5.91 Å². The van der Waals surface area contributed by atoms with Crippen molar-refractivity contribution < 1.29 is 22.7 Å². The minimum Gasteiger partial charge on any atom is -0.455 e. The van der Waals surface area contributed by atoms with E-state index in [9.17, 15) is 18.0 Å². The quantitative estimate of drug-likeness (QED) is 0.683. The zero-order chi connectivity index (χ0) is 20.1. The number of amides is 1. The minimum atomic E-state index is -3.56. The van der Waals surface area contributed by atoms with Crippen LogP contribution in [0.25, 0.3) is 0 Å². The molecule has 0 aliphatic carbocycles. The molecule has 1 amide bonds. The van der Waals surface area contributed by atoms with E-state index in [-0.39, 0.29) is 11.3 Å². The third kappa shape index (κ3) is 5.15. The number of nitrogens with zero attached hydrogens (tertiary/aromatic N) is 2. The van der Waals surface area contributed by atoms with E-state index in [1.165, 1.54) is 27.8 Å². The van der Waals surface area contributed by atoms with Gasteiger partial charge in [-0.1, -0.05) is 6.07 Å². The molecule has 3 rings (SSSR count). The number of nitrogens with one attached hydrogen (secondary N) is 1. The first-order chi connectivity index (χ1) is 13.3. The van der Waals surface area contributed by atoms with Gasteiger partial charge in [0, 0.05) is 24.2 Å². The number of aromatic nitrogens is 1. The second-order valence-corrected chi connectivity index (χ2v) is 9.38. The van der Waals surface area contributed by atoms with Gasteiger partial charge in [0.15, 0.2) is 6.61 Å². The largest absolute Gasteiger partial charge is 0.455 e. The molecule has 1 aliphatic heterocycles. The Morgan fingerprint density at radius 1 is 1.29 bits per heavy atom. The summed E-state index contributed by atoms with van der Waals surface area (Å²) >= 11 is 1.43. The number of benzene rings is 1. The molecule has 1 N–H and O–H groups in total. The topological polar surface area (TPSA) is 106 Å². The SMILES string of the molecule is Cc1nc(CC(=O)OCC(=O)Nc2cccc(S(=O)(=O)N3CCCC3)c2)cs1. The Balaban J connectivity index is 1.54. The van der Waals surface area contributed by atoms with Crippen LogP contribution >= 0.6 is 11.3 Å². The normalized spacial score (nSPS) is 14.8. The van der Waals surface area contributed by atoms with Crippen molar-refractivity contribution in [2.45, 2.75) is 31.1 Å². The van der Waals surface area contributed by atoms with Crippen molar-refractivity contribution in [1.29, 1.82) is 0 Å². The molecule has 1 aliphatic rings. The number of anilines is 1. The van der Waals surface area contributed by atoms with Crippen molar-refractivity contribution in [1.82, 2.24) is 9.29 Å². The number of carbonyl (C=O) groups is 2. The Bertz CT molecular complexity index is 965. The lowest BCUT2D eigenvalue weighted by Crippen LogP contribution is -2.28. The van der Waals surface area contributed by atoms with Crippen LogP contribution in [0.3, 0.4) is 0 Å². The fourth-order valence-electron chi connectivity index (χ4n) is 2.84. The van der Waals surface area contributed by atoms with E-state index < -0.39 is 28.5 Å². The maximum absolute atomic E-state index is 12.6. The first-order valence-corrected chi connectivity index (χ1v) is 11.1. The molecule has 1 aromatic carbocycles. The van der Waals surface area contributed by atoms with Gasteiger partial charge >= 0.3 is 5.97 Å². The average molecular weight is 424 g/mol. The molecule has 0 atom stereocenters. The van der Waals surface area contributed by atoms with E-state index in [0.717, 1.165) is 17.8 Å². The van der Waals surface area contributed by atoms with Crippen molar-refractivity contribution in [3.63, 3.8) is 0 Å². The van der Waals surface area contributed by atoms with E-state index in [4.69, 9.17) is 4.74 Å². The van der Waals surface area contributed by atoms with Crippen molar-refractivity contribution >= 4 is 38.9 Å². The van der Waals surface area contributed by atoms with Crippen molar-refractivity contribution in [2.75, 3.05) is 25.0 Å². The molecule has 1 saturated heterocycles. The van der Waals surface area contributed by atoms with Crippen LogP contribution < -0.4 is 5.32 Å². The van der Waals surface area contributed by atoms with Crippen LogP contribution in [0.4, 0.5) is 5.69 Å². The molecule has 0 unspecified atom stereocenters. The summed E-state index contributed by atoms with van der Waals surface area (Å²) in [6.07, 6.45) is 1.70. The number of sulfonamides is 1. The number of esters is 1. The molecule has 0 bridgehead atoms. The van der Waals surface area contributed by atoms with Gasteiger partial charge in [-0.2, -0.15) is 4.31 Å². The maximum atomic E-state index is 12.6. The molecule has 8 nitrogen and oxygen atoms in total. The standard InChI is InChI=1S/C18H21N3O5S2/c1-13-19-15(12-27-13)10-18(23)26-11-17(22)20-14-5-4-6-16(9-14)28(24,25)21-7-2-3-8-21/h4-6,9,12H,2-3,7-8,10-11H2,1H3,(H,20,22). The van der Waals surface area contributed by atoms with E-state index >= 15 is 0 Å². The van der Waals surface area contributed by atoms with Crippen LogP contribution in [0.15, 0.2) is 34.5 Å². The molecular weight excluding hydrogens is 402 g/mol. The molecule has 0 saturated carbocycles. The van der Waals surface area contributed by atoms with Crippen molar-refractivity contribution in [3.05, 3.63) is 40.3 Å². The van der Waals surface area contributed by atoms with Gasteiger partial charge in [-0.3, -0.25) is 9.59 Å². The summed E-state index contributed by atoms with van der Waals surface area (Å²) in [6, 6.07) is 6.06. The van der Waals surface area contributed by atoms with Crippen LogP contribution in [0.5, 0.6) is 0 Å². The van der Waals surface area contributed by atoms with Crippen LogP contribution in [-0.4, -0.2) is 49.3 Å². The van der Waals surface area contributed by atoms with E-state index in [0.29, 0.717) is 24.5 Å². The summed E-state index contributed by atoms with van der Waals surface area (Å²) in [6.45, 7) is 2.40. The van der Waals surface area contributed by atoms with Crippen molar-refractivity contribution in [3.8, 4) is 0 Å². The van der Waals surface area contributed by atoms with Crippen LogP contribution in [-0.2, 0) is 30.8 Å². The highest BCUT2D eigenvalue weighted by Gasteiger charge is 2.27. The average Bonchev–Trinajstić information content (AvgIpc) is 3.33. The second-order valence-electron chi connectivity index (χ2n) is 6.38. The summed E-state index contributed by atoms with van der Waals surface area (Å²) in [7, 11) is -3.56. The van der Waals surface area contributed by atoms with Crippen LogP contribution in [0.2, 0.25) is 0 Å². The lowest BCUT2D eigenvalue weighted by Gasteiger charge is -2.16. The number of hydrogen-bond donors (Lipinski definition) is 1. The van der Waals surface area contributed by atoms with Gasteiger partial charge in [-0.15, -0.1) is 11.3 Å². The highest BCUT2D eigenvalue weighted by molar-refractivity contribution is 7.89. The monoisotopic (exact) mass is 423 g/mol. The predicted molar refractivity (Wildman–Crippen MR) is 105 cm³/mol. The molecule has 0 spiro atoms. The lowest BCUT2D eigenvalue weighted by atomic mass is 10.3. The zero-order valence-corrected chi connectivity index (χ0v) is 17.0. The highest BCUT2D eigenvalue weighted by atomic mass is 32.2. The van der Waals surface area contributed by atoms with Gasteiger partial charge in [0.05, 0.1) is 22.0 Å².